The summed E-state index contributed by atoms with van der Waals surface area (Å²) < 4.78 is 28.3. The molecule has 0 aliphatic carbocycles. The molecular weight excluding hydrogens is 561 g/mol. The van der Waals surface area contributed by atoms with Gasteiger partial charge in [-0.25, -0.2) is 14.2 Å². The van der Waals surface area contributed by atoms with E-state index in [2.05, 4.69) is 20.7 Å². The van der Waals surface area contributed by atoms with E-state index in [1.54, 1.807) is 6.07 Å². The molecule has 6 rings (SSSR count). The molecule has 2 aromatic heterocycles. The van der Waals surface area contributed by atoms with E-state index in [1.165, 1.54) is 6.07 Å². The number of imidazole rings is 1. The lowest BCUT2D eigenvalue weighted by molar-refractivity contribution is -0.0592. The van der Waals surface area contributed by atoms with Gasteiger partial charge in [0.2, 0.25) is 5.88 Å². The number of nitrogens with zero attached hydrogens (tertiary/aromatic N) is 5. The number of carboxylic acid groups (broad SMARTS) is 1. The molecule has 0 unspecified atom stereocenters. The summed E-state index contributed by atoms with van der Waals surface area (Å²) in [5.74, 6) is 2.77. The zero-order valence-corrected chi connectivity index (χ0v) is 23.6. The maximum Gasteiger partial charge on any atom is 0.335 e. The van der Waals surface area contributed by atoms with E-state index in [0.29, 0.717) is 47.5 Å². The van der Waals surface area contributed by atoms with Gasteiger partial charge in [-0.3, -0.25) is 4.90 Å². The molecule has 0 amide bonds. The Hall–Kier alpha value is -4.17. The molecule has 2 aliphatic rings. The first-order valence-corrected chi connectivity index (χ1v) is 14.1. The Balaban J connectivity index is 1.12. The van der Waals surface area contributed by atoms with Gasteiger partial charge >= 0.3 is 5.97 Å². The molecule has 216 valence electrons. The number of fused-ring (bicyclic) bond motifs is 1. The van der Waals surface area contributed by atoms with Crippen LogP contribution in [0.4, 0.5) is 10.2 Å². The highest BCUT2D eigenvalue weighted by Crippen LogP contribution is 2.26. The normalized spacial score (nSPS) is 17.2. The number of rotatable bonds is 9. The van der Waals surface area contributed by atoms with Crippen LogP contribution in [0.2, 0.25) is 5.02 Å². The Bertz CT molecular complexity index is 1670. The SMILES string of the molecule is C#Cc1ccc(COc2cccc(N3CCN(Cc4nc5c(F)cc(C(=O)O)cc5n4C[C@@H]4CCO4)CC3)n2)c(Cl)c1. The quantitative estimate of drug-likeness (QED) is 0.283. The van der Waals surface area contributed by atoms with E-state index in [0.717, 1.165) is 50.0 Å². The number of benzene rings is 2. The number of pyridine rings is 1. The summed E-state index contributed by atoms with van der Waals surface area (Å²) in [5.41, 5.74) is 2.10. The van der Waals surface area contributed by atoms with Gasteiger partial charge in [0.15, 0.2) is 5.82 Å². The van der Waals surface area contributed by atoms with Crippen molar-refractivity contribution >= 4 is 34.4 Å². The third-order valence-electron chi connectivity index (χ3n) is 7.68. The number of terminal acetylenes is 1. The summed E-state index contributed by atoms with van der Waals surface area (Å²) in [6, 6.07) is 13.6. The summed E-state index contributed by atoms with van der Waals surface area (Å²) in [4.78, 5) is 25.3. The molecule has 2 saturated heterocycles. The first kappa shape index (κ1) is 28.0. The molecule has 42 heavy (non-hydrogen) atoms. The first-order chi connectivity index (χ1) is 20.4. The summed E-state index contributed by atoms with van der Waals surface area (Å²) in [7, 11) is 0. The lowest BCUT2D eigenvalue weighted by atomic mass is 10.1. The monoisotopic (exact) mass is 589 g/mol. The topological polar surface area (TPSA) is 93.0 Å². The highest BCUT2D eigenvalue weighted by Gasteiger charge is 2.26. The van der Waals surface area contributed by atoms with Crippen molar-refractivity contribution < 1.29 is 23.8 Å². The third-order valence-corrected chi connectivity index (χ3v) is 8.03. The van der Waals surface area contributed by atoms with Crippen molar-refractivity contribution in [2.45, 2.75) is 32.2 Å². The van der Waals surface area contributed by atoms with Crippen LogP contribution < -0.4 is 9.64 Å². The van der Waals surface area contributed by atoms with Gasteiger partial charge in [0, 0.05) is 55.0 Å². The fourth-order valence-electron chi connectivity index (χ4n) is 5.21. The number of aromatic carboxylic acids is 1. The van der Waals surface area contributed by atoms with E-state index in [-0.39, 0.29) is 23.8 Å². The van der Waals surface area contributed by atoms with Crippen molar-refractivity contribution in [2.75, 3.05) is 37.7 Å². The smallest absolute Gasteiger partial charge is 0.335 e. The molecular formula is C31H29ClFN5O4. The van der Waals surface area contributed by atoms with E-state index in [4.69, 9.17) is 32.5 Å². The number of ether oxygens (including phenoxy) is 2. The minimum absolute atomic E-state index is 0.00782. The van der Waals surface area contributed by atoms with Crippen LogP contribution >= 0.6 is 11.6 Å². The second-order valence-corrected chi connectivity index (χ2v) is 10.8. The molecule has 2 fully saturated rings. The average molecular weight is 590 g/mol. The van der Waals surface area contributed by atoms with E-state index in [9.17, 15) is 14.3 Å². The van der Waals surface area contributed by atoms with Crippen molar-refractivity contribution in [3.05, 3.63) is 81.9 Å². The third kappa shape index (κ3) is 5.90. The van der Waals surface area contributed by atoms with Gasteiger partial charge in [-0.15, -0.1) is 6.42 Å². The summed E-state index contributed by atoms with van der Waals surface area (Å²) in [6.45, 7) is 4.94. The molecule has 0 bridgehead atoms. The summed E-state index contributed by atoms with van der Waals surface area (Å²) in [6.07, 6.45) is 6.35. The second-order valence-electron chi connectivity index (χ2n) is 10.4. The molecule has 2 aromatic carbocycles. The zero-order chi connectivity index (χ0) is 29.2. The highest BCUT2D eigenvalue weighted by molar-refractivity contribution is 6.31. The number of carbonyl (C=O) groups is 1. The molecule has 11 heteroatoms. The van der Waals surface area contributed by atoms with Crippen LogP contribution in [-0.2, 0) is 24.4 Å². The van der Waals surface area contributed by atoms with Gasteiger partial charge in [0.05, 0.1) is 30.3 Å². The number of hydrogen-bond donors (Lipinski definition) is 1. The maximum absolute atomic E-state index is 14.9. The molecule has 2 aliphatic heterocycles. The van der Waals surface area contributed by atoms with Crippen molar-refractivity contribution in [2.24, 2.45) is 0 Å². The number of hydrogen-bond acceptors (Lipinski definition) is 7. The Morgan fingerprint density at radius 1 is 1.17 bits per heavy atom. The molecule has 4 aromatic rings. The molecule has 4 heterocycles. The number of anilines is 1. The maximum atomic E-state index is 14.9. The number of halogens is 2. The van der Waals surface area contributed by atoms with E-state index >= 15 is 0 Å². The van der Waals surface area contributed by atoms with Crippen molar-refractivity contribution in [1.29, 1.82) is 0 Å². The molecule has 1 atom stereocenters. The van der Waals surface area contributed by atoms with Crippen molar-refractivity contribution in [3.8, 4) is 18.2 Å². The molecule has 0 saturated carbocycles. The predicted octanol–water partition coefficient (Wildman–Crippen LogP) is 4.59. The van der Waals surface area contributed by atoms with Crippen LogP contribution in [0.3, 0.4) is 0 Å². The summed E-state index contributed by atoms with van der Waals surface area (Å²) in [5, 5.41) is 10.0. The van der Waals surface area contributed by atoms with Crippen LogP contribution in [0.5, 0.6) is 5.88 Å². The van der Waals surface area contributed by atoms with E-state index in [1.807, 2.05) is 34.9 Å². The van der Waals surface area contributed by atoms with Crippen LogP contribution in [0.15, 0.2) is 48.5 Å². The van der Waals surface area contributed by atoms with Gasteiger partial charge < -0.3 is 24.0 Å². The van der Waals surface area contributed by atoms with Gasteiger partial charge in [0.25, 0.3) is 0 Å². The van der Waals surface area contributed by atoms with Crippen LogP contribution in [0.1, 0.15) is 33.7 Å². The van der Waals surface area contributed by atoms with Gasteiger partial charge in [0.1, 0.15) is 23.8 Å². The van der Waals surface area contributed by atoms with Crippen LogP contribution in [-0.4, -0.2) is 69.4 Å². The van der Waals surface area contributed by atoms with Crippen LogP contribution in [0, 0.1) is 18.2 Å². The lowest BCUT2D eigenvalue weighted by Gasteiger charge is -2.35. The summed E-state index contributed by atoms with van der Waals surface area (Å²) >= 11 is 6.33. The molecule has 1 N–H and O–H groups in total. The lowest BCUT2D eigenvalue weighted by Crippen LogP contribution is -2.46. The average Bonchev–Trinajstić information content (AvgIpc) is 3.31. The molecule has 0 radical (unpaired) electrons. The van der Waals surface area contributed by atoms with Gasteiger partial charge in [-0.1, -0.05) is 29.7 Å². The standard InChI is InChI=1S/C31H29ClFN5O4/c1-2-20-6-7-21(24(32)14-20)19-42-29-5-3-4-27(34-29)37-11-9-36(10-12-37)18-28-35-30-25(33)15-22(31(39)40)16-26(30)38(28)17-23-8-13-41-23/h1,3-7,14-16,23H,8-13,17-19H2,(H,39,40)/t23-/m0/s1. The number of piperazine rings is 1. The first-order valence-electron chi connectivity index (χ1n) is 13.7. The largest absolute Gasteiger partial charge is 0.478 e. The van der Waals surface area contributed by atoms with E-state index < -0.39 is 11.8 Å². The van der Waals surface area contributed by atoms with Crippen molar-refractivity contribution in [3.63, 3.8) is 0 Å². The Kier molecular flexibility index (Phi) is 7.98. The fraction of sp³-hybridized carbons (Fsp3) is 0.323. The Morgan fingerprint density at radius 3 is 2.67 bits per heavy atom. The Labute approximate surface area is 247 Å². The Morgan fingerprint density at radius 2 is 1.98 bits per heavy atom. The zero-order valence-electron chi connectivity index (χ0n) is 22.8. The van der Waals surface area contributed by atoms with Crippen LogP contribution in [0.25, 0.3) is 11.0 Å². The number of carboxylic acids is 1. The van der Waals surface area contributed by atoms with Gasteiger partial charge in [-0.2, -0.15) is 4.98 Å². The predicted molar refractivity (Wildman–Crippen MR) is 156 cm³/mol. The second kappa shape index (κ2) is 12.0. The minimum Gasteiger partial charge on any atom is -0.478 e. The van der Waals surface area contributed by atoms with Crippen molar-refractivity contribution in [1.82, 2.24) is 19.4 Å². The number of aromatic nitrogens is 3. The van der Waals surface area contributed by atoms with Gasteiger partial charge in [-0.05, 0) is 36.8 Å². The molecule has 9 nitrogen and oxygen atoms in total. The minimum atomic E-state index is -1.17. The highest BCUT2D eigenvalue weighted by atomic mass is 35.5. The molecule has 0 spiro atoms. The fourth-order valence-corrected chi connectivity index (χ4v) is 5.45.